The number of ether oxygens (including phenoxy) is 1. The largest absolute Gasteiger partial charge is 0.494 e. The first kappa shape index (κ1) is 20.5. The van der Waals surface area contributed by atoms with Gasteiger partial charge in [-0.2, -0.15) is 9.61 Å². The van der Waals surface area contributed by atoms with Crippen LogP contribution in [0.3, 0.4) is 0 Å². The van der Waals surface area contributed by atoms with Crippen molar-refractivity contribution in [3.8, 4) is 16.9 Å². The van der Waals surface area contributed by atoms with Crippen LogP contribution >= 0.6 is 0 Å². The van der Waals surface area contributed by atoms with Crippen LogP contribution in [0.2, 0.25) is 0 Å². The van der Waals surface area contributed by atoms with Crippen molar-refractivity contribution in [2.45, 2.75) is 67.3 Å². The van der Waals surface area contributed by atoms with E-state index in [1.165, 1.54) is 22.1 Å². The van der Waals surface area contributed by atoms with Gasteiger partial charge in [0.1, 0.15) is 11.4 Å². The summed E-state index contributed by atoms with van der Waals surface area (Å²) in [6, 6.07) is 6.87. The van der Waals surface area contributed by atoms with Gasteiger partial charge in [-0.05, 0) is 82.3 Å². The molecule has 3 heterocycles. The molecule has 0 aliphatic rings. The van der Waals surface area contributed by atoms with Gasteiger partial charge >= 0.3 is 0 Å². The Hall–Kier alpha value is -2.82. The molecule has 0 atom stereocenters. The lowest BCUT2D eigenvalue weighted by Gasteiger charge is -2.17. The van der Waals surface area contributed by atoms with Gasteiger partial charge in [-0.3, -0.25) is 0 Å². The van der Waals surface area contributed by atoms with Crippen molar-refractivity contribution in [3.05, 3.63) is 46.9 Å². The Balaban J connectivity index is 2.05. The smallest absolute Gasteiger partial charge is 0.165 e. The number of aromatic nitrogens is 4. The molecule has 0 bridgehead atoms. The van der Waals surface area contributed by atoms with E-state index in [0.29, 0.717) is 12.6 Å². The maximum absolute atomic E-state index is 5.75. The van der Waals surface area contributed by atoms with E-state index in [1.807, 2.05) is 6.92 Å². The van der Waals surface area contributed by atoms with E-state index in [9.17, 15) is 0 Å². The van der Waals surface area contributed by atoms with Crippen LogP contribution in [-0.2, 0) is 0 Å². The van der Waals surface area contributed by atoms with E-state index >= 15 is 0 Å². The van der Waals surface area contributed by atoms with Gasteiger partial charge in [0.15, 0.2) is 5.65 Å². The van der Waals surface area contributed by atoms with E-state index in [2.05, 4.69) is 75.0 Å². The molecule has 158 valence electrons. The van der Waals surface area contributed by atoms with Crippen LogP contribution in [-0.4, -0.2) is 25.8 Å². The second-order valence-electron chi connectivity index (χ2n) is 8.19. The van der Waals surface area contributed by atoms with E-state index in [-0.39, 0.29) is 0 Å². The number of hydrogen-bond acceptors (Lipinski definition) is 3. The Morgan fingerprint density at radius 1 is 0.933 bits per heavy atom. The third kappa shape index (κ3) is 3.08. The summed E-state index contributed by atoms with van der Waals surface area (Å²) in [5.74, 6) is 0.916. The molecule has 5 nitrogen and oxygen atoms in total. The number of rotatable bonds is 6. The van der Waals surface area contributed by atoms with E-state index in [4.69, 9.17) is 14.8 Å². The lowest BCUT2D eigenvalue weighted by molar-refractivity contribution is 0.340. The van der Waals surface area contributed by atoms with Crippen molar-refractivity contribution in [1.82, 2.24) is 19.2 Å². The topological polar surface area (TPSA) is 44.4 Å². The Kier molecular flexibility index (Phi) is 5.31. The molecule has 3 aromatic heterocycles. The highest BCUT2D eigenvalue weighted by atomic mass is 16.5. The van der Waals surface area contributed by atoms with E-state index < -0.39 is 0 Å². The predicted molar refractivity (Wildman–Crippen MR) is 124 cm³/mol. The maximum Gasteiger partial charge on any atom is 0.165 e. The molecule has 4 aromatic rings. The molecule has 0 saturated heterocycles. The maximum atomic E-state index is 5.75. The minimum Gasteiger partial charge on any atom is -0.494 e. The number of hydrogen-bond donors (Lipinski definition) is 0. The molecule has 0 spiro atoms. The van der Waals surface area contributed by atoms with Crippen molar-refractivity contribution in [2.75, 3.05) is 6.61 Å². The first-order chi connectivity index (χ1) is 14.4. The fraction of sp³-hybridized carbons (Fsp3) is 0.440. The number of benzene rings is 1. The number of aryl methyl sites for hydroxylation is 4. The monoisotopic (exact) mass is 404 g/mol. The normalized spacial score (nSPS) is 11.9. The summed E-state index contributed by atoms with van der Waals surface area (Å²) in [5.41, 5.74) is 8.82. The van der Waals surface area contributed by atoms with E-state index in [1.54, 1.807) is 0 Å². The predicted octanol–water partition coefficient (Wildman–Crippen LogP) is 6.34. The van der Waals surface area contributed by atoms with Crippen LogP contribution in [0, 0.1) is 27.7 Å². The summed E-state index contributed by atoms with van der Waals surface area (Å²) in [6.07, 6.45) is 4.38. The SMILES string of the molecule is CCOc1cc(C)c(-c2c(C)nn3c2nc(C)c2ccn(C(CC)CC)c23)c(C)c1. The van der Waals surface area contributed by atoms with Crippen molar-refractivity contribution >= 4 is 16.7 Å². The lowest BCUT2D eigenvalue weighted by Crippen LogP contribution is -2.09. The highest BCUT2D eigenvalue weighted by Gasteiger charge is 2.22. The van der Waals surface area contributed by atoms with Gasteiger partial charge in [-0.15, -0.1) is 0 Å². The molecular formula is C25H32N4O. The molecule has 0 aliphatic heterocycles. The average Bonchev–Trinajstić information content (AvgIpc) is 3.26. The zero-order valence-electron chi connectivity index (χ0n) is 19.2. The van der Waals surface area contributed by atoms with Crippen molar-refractivity contribution in [3.63, 3.8) is 0 Å². The van der Waals surface area contributed by atoms with Gasteiger partial charge in [-0.25, -0.2) is 4.98 Å². The molecular weight excluding hydrogens is 372 g/mol. The molecule has 0 N–H and O–H groups in total. The van der Waals surface area contributed by atoms with Gasteiger partial charge in [0.2, 0.25) is 0 Å². The quantitative estimate of drug-likeness (QED) is 0.376. The molecule has 0 amide bonds. The summed E-state index contributed by atoms with van der Waals surface area (Å²) in [5, 5.41) is 6.16. The summed E-state index contributed by atoms with van der Waals surface area (Å²) < 4.78 is 10.2. The summed E-state index contributed by atoms with van der Waals surface area (Å²) in [7, 11) is 0. The molecule has 0 fully saturated rings. The summed E-state index contributed by atoms with van der Waals surface area (Å²) in [6.45, 7) is 15.7. The first-order valence-corrected chi connectivity index (χ1v) is 11.0. The second-order valence-corrected chi connectivity index (χ2v) is 8.19. The van der Waals surface area contributed by atoms with Crippen LogP contribution in [0.1, 0.15) is 62.2 Å². The van der Waals surface area contributed by atoms with Gasteiger partial charge in [0.05, 0.1) is 23.6 Å². The minimum atomic E-state index is 0.453. The zero-order valence-corrected chi connectivity index (χ0v) is 19.2. The molecule has 0 radical (unpaired) electrons. The lowest BCUT2D eigenvalue weighted by atomic mass is 9.95. The van der Waals surface area contributed by atoms with Gasteiger partial charge in [0, 0.05) is 17.6 Å². The third-order valence-corrected chi connectivity index (χ3v) is 6.19. The Bertz CT molecular complexity index is 1200. The Morgan fingerprint density at radius 3 is 2.20 bits per heavy atom. The molecule has 1 aromatic carbocycles. The van der Waals surface area contributed by atoms with Crippen LogP contribution < -0.4 is 4.74 Å². The third-order valence-electron chi connectivity index (χ3n) is 6.19. The van der Waals surface area contributed by atoms with Gasteiger partial charge < -0.3 is 9.30 Å². The van der Waals surface area contributed by atoms with E-state index in [0.717, 1.165) is 46.8 Å². The molecule has 4 rings (SSSR count). The van der Waals surface area contributed by atoms with Crippen molar-refractivity contribution < 1.29 is 4.74 Å². The highest BCUT2D eigenvalue weighted by molar-refractivity contribution is 5.89. The highest BCUT2D eigenvalue weighted by Crippen LogP contribution is 2.37. The number of nitrogens with zero attached hydrogens (tertiary/aromatic N) is 4. The fourth-order valence-corrected chi connectivity index (χ4v) is 4.77. The fourth-order valence-electron chi connectivity index (χ4n) is 4.77. The van der Waals surface area contributed by atoms with Crippen LogP contribution in [0.5, 0.6) is 5.75 Å². The number of fused-ring (bicyclic) bond motifs is 3. The summed E-state index contributed by atoms with van der Waals surface area (Å²) >= 11 is 0. The minimum absolute atomic E-state index is 0.453. The van der Waals surface area contributed by atoms with Crippen LogP contribution in [0.4, 0.5) is 0 Å². The van der Waals surface area contributed by atoms with Crippen LogP contribution in [0.25, 0.3) is 27.8 Å². The second kappa shape index (κ2) is 7.78. The molecule has 30 heavy (non-hydrogen) atoms. The van der Waals surface area contributed by atoms with Crippen molar-refractivity contribution in [2.24, 2.45) is 0 Å². The Morgan fingerprint density at radius 2 is 1.60 bits per heavy atom. The zero-order chi connectivity index (χ0) is 21.6. The summed E-state index contributed by atoms with van der Waals surface area (Å²) in [4.78, 5) is 5.02. The Labute approximate surface area is 178 Å². The first-order valence-electron chi connectivity index (χ1n) is 11.0. The average molecular weight is 405 g/mol. The van der Waals surface area contributed by atoms with Gasteiger partial charge in [0.25, 0.3) is 0 Å². The van der Waals surface area contributed by atoms with Gasteiger partial charge in [-0.1, -0.05) is 13.8 Å². The standard InChI is InChI=1S/C25H32N4O/c1-8-19(9-2)28-12-11-21-17(6)26-24-23(18(7)27-29(24)25(21)28)22-15(4)13-20(30-10-3)14-16(22)5/h11-14,19H,8-10H2,1-7H3. The van der Waals surface area contributed by atoms with Crippen LogP contribution in [0.15, 0.2) is 24.4 Å². The molecule has 0 unspecified atom stereocenters. The molecule has 5 heteroatoms. The van der Waals surface area contributed by atoms with Crippen molar-refractivity contribution in [1.29, 1.82) is 0 Å². The molecule has 0 aliphatic carbocycles. The molecule has 0 saturated carbocycles.